The average Bonchev–Trinajstić information content (AvgIpc) is 3.33. The summed E-state index contributed by atoms with van der Waals surface area (Å²) in [4.78, 5) is 2.65. The van der Waals surface area contributed by atoms with Crippen molar-refractivity contribution in [1.29, 1.82) is 0 Å². The van der Waals surface area contributed by atoms with Gasteiger partial charge < -0.3 is 18.9 Å². The molecule has 0 unspecified atom stereocenters. The van der Waals surface area contributed by atoms with Crippen LogP contribution in [0.3, 0.4) is 0 Å². The molecule has 4 rings (SSSR count). The van der Waals surface area contributed by atoms with Crippen molar-refractivity contribution in [3.63, 3.8) is 0 Å². The minimum absolute atomic E-state index is 0.259. The lowest BCUT2D eigenvalue weighted by atomic mass is 9.89. The standard InChI is InChI=1S/C30H47NO4/c1-4-30(32-21-22-33-30)20-14-9-7-5-6-8-13-17-26-18-19-28-27(24-34-29(2,3)35-28)31(26)23-25-15-11-10-12-16-25/h8,10-13,15-16,26-28H,4-7,9,14,17-24H2,1-3H3/b13-8-/t26-,27+,28-/m1/s1. The summed E-state index contributed by atoms with van der Waals surface area (Å²) in [6.07, 6.45) is 16.6. The second-order valence-electron chi connectivity index (χ2n) is 10.9. The maximum absolute atomic E-state index is 6.33. The minimum Gasteiger partial charge on any atom is -0.349 e. The van der Waals surface area contributed by atoms with E-state index in [2.05, 4.69) is 54.3 Å². The molecular weight excluding hydrogens is 438 g/mol. The summed E-state index contributed by atoms with van der Waals surface area (Å²) in [5.74, 6) is -0.755. The van der Waals surface area contributed by atoms with Crippen LogP contribution in [0.2, 0.25) is 0 Å². The van der Waals surface area contributed by atoms with E-state index in [1.807, 2.05) is 13.8 Å². The lowest BCUT2D eigenvalue weighted by molar-refractivity contribution is -0.305. The number of benzene rings is 1. The van der Waals surface area contributed by atoms with Crippen molar-refractivity contribution in [3.8, 4) is 0 Å². The normalized spacial score (nSPS) is 28.4. The van der Waals surface area contributed by atoms with E-state index in [-0.39, 0.29) is 11.9 Å². The SMILES string of the molecule is CCC1(CCCCCC/C=C\C[C@@H]2CC[C@H]3OC(C)(C)OC[C@@H]3N2Cc2ccccc2)OCCO1. The van der Waals surface area contributed by atoms with Gasteiger partial charge in [-0.15, -0.1) is 0 Å². The number of piperidine rings is 1. The number of nitrogens with zero attached hydrogens (tertiary/aromatic N) is 1. The van der Waals surface area contributed by atoms with Gasteiger partial charge in [0.2, 0.25) is 0 Å². The predicted octanol–water partition coefficient (Wildman–Crippen LogP) is 6.61. The molecule has 3 heterocycles. The summed E-state index contributed by atoms with van der Waals surface area (Å²) in [6.45, 7) is 9.46. The number of hydrogen-bond donors (Lipinski definition) is 0. The Morgan fingerprint density at radius 3 is 2.49 bits per heavy atom. The van der Waals surface area contributed by atoms with Crippen LogP contribution >= 0.6 is 0 Å². The molecule has 0 spiro atoms. The predicted molar refractivity (Wildman–Crippen MR) is 140 cm³/mol. The molecule has 3 fully saturated rings. The van der Waals surface area contributed by atoms with Gasteiger partial charge in [0.25, 0.3) is 0 Å². The highest BCUT2D eigenvalue weighted by Gasteiger charge is 2.44. The van der Waals surface area contributed by atoms with Crippen molar-refractivity contribution in [2.24, 2.45) is 0 Å². The molecule has 35 heavy (non-hydrogen) atoms. The highest BCUT2D eigenvalue weighted by Crippen LogP contribution is 2.36. The van der Waals surface area contributed by atoms with Crippen LogP contribution in [-0.2, 0) is 25.5 Å². The minimum atomic E-state index is -0.472. The third kappa shape index (κ3) is 7.62. The van der Waals surface area contributed by atoms with Crippen LogP contribution in [0.4, 0.5) is 0 Å². The molecule has 3 aliphatic heterocycles. The van der Waals surface area contributed by atoms with Crippen molar-refractivity contribution in [3.05, 3.63) is 48.0 Å². The highest BCUT2D eigenvalue weighted by atomic mass is 16.7. The fraction of sp³-hybridized carbons (Fsp3) is 0.733. The number of ether oxygens (including phenoxy) is 4. The molecule has 0 bridgehead atoms. The van der Waals surface area contributed by atoms with Crippen LogP contribution in [0.5, 0.6) is 0 Å². The van der Waals surface area contributed by atoms with Gasteiger partial charge in [-0.3, -0.25) is 4.90 Å². The molecule has 3 saturated heterocycles. The summed E-state index contributed by atoms with van der Waals surface area (Å²) in [5, 5.41) is 0. The maximum Gasteiger partial charge on any atom is 0.168 e. The first-order chi connectivity index (χ1) is 17.0. The van der Waals surface area contributed by atoms with Crippen molar-refractivity contribution in [2.45, 2.75) is 121 Å². The van der Waals surface area contributed by atoms with Gasteiger partial charge in [0.15, 0.2) is 11.6 Å². The van der Waals surface area contributed by atoms with Crippen molar-refractivity contribution >= 4 is 0 Å². The van der Waals surface area contributed by atoms with Crippen LogP contribution in [0, 0.1) is 0 Å². The Balaban J connectivity index is 1.21. The zero-order valence-electron chi connectivity index (χ0n) is 22.3. The van der Waals surface area contributed by atoms with Gasteiger partial charge in [-0.25, -0.2) is 0 Å². The van der Waals surface area contributed by atoms with E-state index in [1.165, 1.54) is 44.1 Å². The van der Waals surface area contributed by atoms with Crippen LogP contribution in [0.1, 0.15) is 90.5 Å². The van der Waals surface area contributed by atoms with Crippen LogP contribution < -0.4 is 0 Å². The molecule has 196 valence electrons. The van der Waals surface area contributed by atoms with E-state index in [0.717, 1.165) is 52.0 Å². The van der Waals surface area contributed by atoms with Crippen molar-refractivity contribution in [1.82, 2.24) is 4.90 Å². The lowest BCUT2D eigenvalue weighted by Gasteiger charge is -2.51. The van der Waals surface area contributed by atoms with Gasteiger partial charge in [-0.1, -0.05) is 62.2 Å². The first kappa shape index (κ1) is 26.8. The molecule has 0 aliphatic carbocycles. The molecule has 0 amide bonds. The number of rotatable bonds is 12. The molecule has 0 radical (unpaired) electrons. The topological polar surface area (TPSA) is 40.2 Å². The second kappa shape index (κ2) is 12.8. The largest absolute Gasteiger partial charge is 0.349 e. The van der Waals surface area contributed by atoms with Gasteiger partial charge in [0.1, 0.15) is 0 Å². The Morgan fingerprint density at radius 1 is 0.943 bits per heavy atom. The summed E-state index contributed by atoms with van der Waals surface area (Å²) >= 11 is 0. The van der Waals surface area contributed by atoms with E-state index < -0.39 is 5.79 Å². The molecule has 3 atom stereocenters. The highest BCUT2D eigenvalue weighted by molar-refractivity contribution is 5.15. The van der Waals surface area contributed by atoms with Gasteiger partial charge in [-0.05, 0) is 64.4 Å². The molecule has 0 N–H and O–H groups in total. The Labute approximate surface area is 213 Å². The number of hydrogen-bond acceptors (Lipinski definition) is 5. The summed E-state index contributed by atoms with van der Waals surface area (Å²) in [5.41, 5.74) is 1.37. The molecular formula is C30H47NO4. The molecule has 3 aliphatic rings. The average molecular weight is 486 g/mol. The quantitative estimate of drug-likeness (QED) is 0.246. The zero-order chi connectivity index (χ0) is 24.6. The molecule has 0 saturated carbocycles. The first-order valence-corrected chi connectivity index (χ1v) is 14.0. The Hall–Kier alpha value is -1.24. The third-order valence-electron chi connectivity index (χ3n) is 7.96. The Morgan fingerprint density at radius 2 is 1.71 bits per heavy atom. The zero-order valence-corrected chi connectivity index (χ0v) is 22.3. The van der Waals surface area contributed by atoms with Gasteiger partial charge >= 0.3 is 0 Å². The number of fused-ring (bicyclic) bond motifs is 1. The van der Waals surface area contributed by atoms with Crippen LogP contribution in [-0.4, -0.2) is 54.5 Å². The smallest absolute Gasteiger partial charge is 0.168 e. The van der Waals surface area contributed by atoms with Gasteiger partial charge in [-0.2, -0.15) is 0 Å². The summed E-state index contributed by atoms with van der Waals surface area (Å²) in [7, 11) is 0. The Kier molecular flexibility index (Phi) is 9.83. The monoisotopic (exact) mass is 485 g/mol. The van der Waals surface area contributed by atoms with E-state index in [0.29, 0.717) is 12.1 Å². The fourth-order valence-corrected chi connectivity index (χ4v) is 5.92. The van der Waals surface area contributed by atoms with E-state index in [9.17, 15) is 0 Å². The second-order valence-corrected chi connectivity index (χ2v) is 10.9. The maximum atomic E-state index is 6.33. The van der Waals surface area contributed by atoms with Crippen molar-refractivity contribution in [2.75, 3.05) is 19.8 Å². The summed E-state index contributed by atoms with van der Waals surface area (Å²) < 4.78 is 24.1. The lowest BCUT2D eigenvalue weighted by Crippen LogP contribution is -2.61. The molecule has 5 nitrogen and oxygen atoms in total. The van der Waals surface area contributed by atoms with Crippen LogP contribution in [0.25, 0.3) is 0 Å². The molecule has 1 aromatic carbocycles. The van der Waals surface area contributed by atoms with E-state index >= 15 is 0 Å². The molecule has 5 heteroatoms. The van der Waals surface area contributed by atoms with E-state index in [1.54, 1.807) is 0 Å². The van der Waals surface area contributed by atoms with Crippen LogP contribution in [0.15, 0.2) is 42.5 Å². The Bertz CT molecular complexity index is 774. The number of likely N-dealkylation sites (tertiary alicyclic amines) is 1. The van der Waals surface area contributed by atoms with Crippen molar-refractivity contribution < 1.29 is 18.9 Å². The summed E-state index contributed by atoms with van der Waals surface area (Å²) in [6, 6.07) is 11.7. The van der Waals surface area contributed by atoms with Gasteiger partial charge in [0, 0.05) is 19.0 Å². The molecule has 1 aromatic rings. The van der Waals surface area contributed by atoms with Gasteiger partial charge in [0.05, 0.1) is 32.0 Å². The number of allylic oxidation sites excluding steroid dienone is 1. The van der Waals surface area contributed by atoms with E-state index in [4.69, 9.17) is 18.9 Å². The first-order valence-electron chi connectivity index (χ1n) is 14.0. The molecule has 0 aromatic heterocycles. The third-order valence-corrected chi connectivity index (χ3v) is 7.96. The fourth-order valence-electron chi connectivity index (χ4n) is 5.92. The number of unbranched alkanes of at least 4 members (excludes halogenated alkanes) is 4.